The molecule has 0 aliphatic carbocycles. The lowest BCUT2D eigenvalue weighted by Gasteiger charge is -2.23. The second kappa shape index (κ2) is 5.32. The fourth-order valence-electron chi connectivity index (χ4n) is 1.53. The van der Waals surface area contributed by atoms with Gasteiger partial charge in [-0.1, -0.05) is 13.8 Å². The summed E-state index contributed by atoms with van der Waals surface area (Å²) in [4.78, 5) is 3.49. The van der Waals surface area contributed by atoms with Gasteiger partial charge in [0.2, 0.25) is 0 Å². The first-order chi connectivity index (χ1) is 7.77. The topological polar surface area (TPSA) is 59.1 Å². The molecule has 0 saturated carbocycles. The second-order valence-corrected chi connectivity index (χ2v) is 5.22. The van der Waals surface area contributed by atoms with E-state index in [1.54, 1.807) is 0 Å². The first-order valence-electron chi connectivity index (χ1n) is 5.18. The van der Waals surface area contributed by atoms with Crippen molar-refractivity contribution in [2.24, 2.45) is 17.6 Å². The molecular weight excluding hydrogens is 253 g/mol. The van der Waals surface area contributed by atoms with E-state index in [0.717, 1.165) is 6.20 Å². The predicted octanol–water partition coefficient (Wildman–Crippen LogP) is 2.43. The van der Waals surface area contributed by atoms with E-state index in [2.05, 4.69) is 4.98 Å². The molecule has 1 heterocycles. The van der Waals surface area contributed by atoms with Crippen molar-refractivity contribution < 1.29 is 18.3 Å². The maximum Gasteiger partial charge on any atom is 0.443 e. The summed E-state index contributed by atoms with van der Waals surface area (Å²) in [7, 11) is 0. The summed E-state index contributed by atoms with van der Waals surface area (Å²) in [6, 6.07) is 0. The quantitative estimate of drug-likeness (QED) is 0.881. The smallest absolute Gasteiger partial charge is 0.387 e. The summed E-state index contributed by atoms with van der Waals surface area (Å²) in [6.07, 6.45) is -4.38. The highest BCUT2D eigenvalue weighted by Gasteiger charge is 2.36. The third kappa shape index (κ3) is 3.40. The molecule has 3 N–H and O–H groups in total. The number of nitrogens with zero attached hydrogens (tertiary/aromatic N) is 1. The van der Waals surface area contributed by atoms with Crippen molar-refractivity contribution >= 4 is 11.3 Å². The molecule has 0 aliphatic heterocycles. The molecule has 0 spiro atoms. The highest BCUT2D eigenvalue weighted by Crippen LogP contribution is 2.37. The third-order valence-electron chi connectivity index (χ3n) is 2.59. The average molecular weight is 268 g/mol. The Bertz CT molecular complexity index is 365. The van der Waals surface area contributed by atoms with Gasteiger partial charge >= 0.3 is 6.18 Å². The molecule has 3 nitrogen and oxygen atoms in total. The van der Waals surface area contributed by atoms with Crippen LogP contribution in [0.4, 0.5) is 13.2 Å². The van der Waals surface area contributed by atoms with E-state index in [4.69, 9.17) is 5.73 Å². The van der Waals surface area contributed by atoms with Gasteiger partial charge in [-0.2, -0.15) is 13.2 Å². The van der Waals surface area contributed by atoms with Gasteiger partial charge in [-0.05, 0) is 12.5 Å². The molecule has 0 bridgehead atoms. The van der Waals surface area contributed by atoms with E-state index >= 15 is 0 Å². The van der Waals surface area contributed by atoms with Crippen molar-refractivity contribution in [1.29, 1.82) is 0 Å². The first-order valence-corrected chi connectivity index (χ1v) is 6.00. The maximum absolute atomic E-state index is 12.3. The summed E-state index contributed by atoms with van der Waals surface area (Å²) < 4.78 is 37.0. The van der Waals surface area contributed by atoms with Gasteiger partial charge in [-0.15, -0.1) is 11.3 Å². The van der Waals surface area contributed by atoms with Crippen molar-refractivity contribution in [1.82, 2.24) is 4.98 Å². The molecule has 0 radical (unpaired) electrons. The number of aliphatic hydroxyl groups excluding tert-OH is 1. The lowest BCUT2D eigenvalue weighted by Crippen LogP contribution is -2.26. The van der Waals surface area contributed by atoms with Crippen LogP contribution >= 0.6 is 11.3 Å². The zero-order chi connectivity index (χ0) is 13.2. The van der Waals surface area contributed by atoms with Crippen LogP contribution in [0, 0.1) is 11.8 Å². The number of aliphatic hydroxyl groups is 1. The Morgan fingerprint density at radius 3 is 2.41 bits per heavy atom. The molecule has 7 heteroatoms. The van der Waals surface area contributed by atoms with Crippen LogP contribution in [-0.4, -0.2) is 16.6 Å². The Morgan fingerprint density at radius 1 is 1.47 bits per heavy atom. The summed E-state index contributed by atoms with van der Waals surface area (Å²) in [6.45, 7) is 3.96. The monoisotopic (exact) mass is 268 g/mol. The molecule has 0 saturated heterocycles. The van der Waals surface area contributed by atoms with Crippen LogP contribution in [-0.2, 0) is 6.18 Å². The largest absolute Gasteiger partial charge is 0.443 e. The number of rotatable bonds is 4. The van der Waals surface area contributed by atoms with Crippen molar-refractivity contribution in [3.05, 3.63) is 16.1 Å². The van der Waals surface area contributed by atoms with Crippen LogP contribution in [0.15, 0.2) is 6.20 Å². The van der Waals surface area contributed by atoms with E-state index < -0.39 is 17.3 Å². The fraction of sp³-hybridized carbons (Fsp3) is 0.700. The molecule has 2 unspecified atom stereocenters. The minimum absolute atomic E-state index is 0.0893. The number of nitrogens with two attached hydrogens (primary N) is 1. The third-order valence-corrected chi connectivity index (χ3v) is 3.70. The fourth-order valence-corrected chi connectivity index (χ4v) is 2.38. The molecule has 0 aromatic carbocycles. The Hall–Kier alpha value is -0.660. The van der Waals surface area contributed by atoms with E-state index in [0.29, 0.717) is 11.3 Å². The highest BCUT2D eigenvalue weighted by atomic mass is 32.1. The molecule has 0 amide bonds. The number of aromatic nitrogens is 1. The Morgan fingerprint density at radius 2 is 2.06 bits per heavy atom. The van der Waals surface area contributed by atoms with Crippen molar-refractivity contribution in [3.63, 3.8) is 0 Å². The van der Waals surface area contributed by atoms with E-state index in [1.807, 2.05) is 13.8 Å². The van der Waals surface area contributed by atoms with Gasteiger partial charge in [-0.3, -0.25) is 0 Å². The molecule has 0 fully saturated rings. The van der Waals surface area contributed by atoms with Crippen LogP contribution in [0.25, 0.3) is 0 Å². The second-order valence-electron chi connectivity index (χ2n) is 4.15. The zero-order valence-electron chi connectivity index (χ0n) is 9.53. The van der Waals surface area contributed by atoms with E-state index in [-0.39, 0.29) is 23.3 Å². The average Bonchev–Trinajstić information content (AvgIpc) is 2.65. The summed E-state index contributed by atoms with van der Waals surface area (Å²) in [5, 5.41) is 9.01. The number of halogens is 3. The van der Waals surface area contributed by atoms with Crippen LogP contribution < -0.4 is 5.73 Å². The molecule has 1 rings (SSSR count). The van der Waals surface area contributed by atoms with Gasteiger partial charge < -0.3 is 10.8 Å². The van der Waals surface area contributed by atoms with Crippen molar-refractivity contribution in [3.8, 4) is 0 Å². The van der Waals surface area contributed by atoms with Gasteiger partial charge in [-0.25, -0.2) is 4.98 Å². The minimum atomic E-state index is -4.46. The Balaban J connectivity index is 2.90. The lowest BCUT2D eigenvalue weighted by molar-refractivity contribution is -0.137. The number of hydrogen-bond donors (Lipinski definition) is 2. The number of thiazole rings is 1. The van der Waals surface area contributed by atoms with Gasteiger partial charge in [0.05, 0.1) is 11.0 Å². The Kier molecular flexibility index (Phi) is 4.51. The SMILES string of the molecule is CC(C)C(CN)C(O)c1cnc(C(F)(F)F)s1. The molecule has 0 aliphatic rings. The van der Waals surface area contributed by atoms with Gasteiger partial charge in [0.1, 0.15) is 0 Å². The van der Waals surface area contributed by atoms with Gasteiger partial charge in [0, 0.05) is 12.1 Å². The summed E-state index contributed by atoms with van der Waals surface area (Å²) in [5.41, 5.74) is 5.51. The van der Waals surface area contributed by atoms with E-state index in [1.165, 1.54) is 0 Å². The molecule has 17 heavy (non-hydrogen) atoms. The minimum Gasteiger partial charge on any atom is -0.387 e. The number of alkyl halides is 3. The molecule has 1 aromatic heterocycles. The van der Waals surface area contributed by atoms with E-state index in [9.17, 15) is 18.3 Å². The van der Waals surface area contributed by atoms with Crippen LogP contribution in [0.3, 0.4) is 0 Å². The lowest BCUT2D eigenvalue weighted by atomic mass is 9.90. The normalized spacial score (nSPS) is 16.2. The van der Waals surface area contributed by atoms with Crippen molar-refractivity contribution in [2.75, 3.05) is 6.54 Å². The highest BCUT2D eigenvalue weighted by molar-refractivity contribution is 7.11. The molecule has 98 valence electrons. The van der Waals surface area contributed by atoms with Gasteiger partial charge in [0.25, 0.3) is 0 Å². The standard InChI is InChI=1S/C10H15F3N2OS/c1-5(2)6(3-14)8(16)7-4-15-9(17-7)10(11,12)13/h4-6,8,16H,3,14H2,1-2H3. The molecule has 2 atom stereocenters. The molecular formula is C10H15F3N2OS. The van der Waals surface area contributed by atoms with Crippen molar-refractivity contribution in [2.45, 2.75) is 26.1 Å². The van der Waals surface area contributed by atoms with Crippen LogP contribution in [0.1, 0.15) is 29.8 Å². The maximum atomic E-state index is 12.3. The van der Waals surface area contributed by atoms with Gasteiger partial charge in [0.15, 0.2) is 5.01 Å². The number of hydrogen-bond acceptors (Lipinski definition) is 4. The Labute approximate surface area is 101 Å². The summed E-state index contributed by atoms with van der Waals surface area (Å²) >= 11 is 0.467. The summed E-state index contributed by atoms with van der Waals surface area (Å²) in [5.74, 6) is -0.178. The zero-order valence-corrected chi connectivity index (χ0v) is 10.3. The van der Waals surface area contributed by atoms with Crippen LogP contribution in [0.2, 0.25) is 0 Å². The molecule has 1 aromatic rings. The van der Waals surface area contributed by atoms with Crippen LogP contribution in [0.5, 0.6) is 0 Å². The first kappa shape index (κ1) is 14.4. The predicted molar refractivity (Wildman–Crippen MR) is 59.5 cm³/mol.